The van der Waals surface area contributed by atoms with Gasteiger partial charge in [-0.3, -0.25) is 0 Å². The van der Waals surface area contributed by atoms with Gasteiger partial charge in [0.05, 0.1) is 6.16 Å². The SMILES string of the molecule is CCCCCCCCCCCCCCCCCCCCCCCCCCCCCCCCCCCCCCCCCCCCCCCC[P+](C)(C)C. The van der Waals surface area contributed by atoms with Gasteiger partial charge in [0.2, 0.25) is 0 Å². The standard InChI is InChI=1S/C51H106P/c1-5-6-7-8-9-10-11-12-13-14-15-16-17-18-19-20-21-22-23-24-25-26-27-28-29-30-31-32-33-34-35-36-37-38-39-40-41-42-43-44-45-46-47-48-49-50-51-52(2,3)4/h5-51H2,1-4H3/q+1. The Balaban J connectivity index is 3.06. The third kappa shape index (κ3) is 50.4. The zero-order chi connectivity index (χ0) is 37.7. The summed E-state index contributed by atoms with van der Waals surface area (Å²) in [6, 6.07) is 0. The van der Waals surface area contributed by atoms with Crippen molar-refractivity contribution < 1.29 is 0 Å². The van der Waals surface area contributed by atoms with Gasteiger partial charge >= 0.3 is 0 Å². The van der Waals surface area contributed by atoms with Crippen molar-refractivity contribution in [2.24, 2.45) is 0 Å². The molecule has 0 spiro atoms. The summed E-state index contributed by atoms with van der Waals surface area (Å²) in [5.41, 5.74) is 0. The molecule has 0 rings (SSSR count). The molecule has 0 nitrogen and oxygen atoms in total. The zero-order valence-electron chi connectivity index (χ0n) is 37.7. The topological polar surface area (TPSA) is 0 Å². The molecule has 0 heterocycles. The summed E-state index contributed by atoms with van der Waals surface area (Å²) in [7, 11) is -0.524. The van der Waals surface area contributed by atoms with E-state index in [2.05, 4.69) is 26.9 Å². The van der Waals surface area contributed by atoms with E-state index in [-0.39, 0.29) is 0 Å². The minimum Gasteiger partial charge on any atom is -0.0654 e. The monoisotopic (exact) mass is 750 g/mol. The van der Waals surface area contributed by atoms with Crippen LogP contribution in [0.25, 0.3) is 0 Å². The Morgan fingerprint density at radius 1 is 0.173 bits per heavy atom. The fourth-order valence-electron chi connectivity index (χ4n) is 8.44. The lowest BCUT2D eigenvalue weighted by Gasteiger charge is -2.10. The summed E-state index contributed by atoms with van der Waals surface area (Å²) in [5, 5.41) is 0. The molecular weight excluding hydrogens is 644 g/mol. The number of hydrogen-bond acceptors (Lipinski definition) is 0. The van der Waals surface area contributed by atoms with Gasteiger partial charge in [-0.15, -0.1) is 0 Å². The van der Waals surface area contributed by atoms with Crippen LogP contribution >= 0.6 is 7.26 Å². The van der Waals surface area contributed by atoms with E-state index in [1.807, 2.05) is 0 Å². The van der Waals surface area contributed by atoms with Gasteiger partial charge in [-0.1, -0.05) is 289 Å². The molecule has 0 atom stereocenters. The van der Waals surface area contributed by atoms with Gasteiger partial charge in [-0.2, -0.15) is 0 Å². The predicted octanol–water partition coefficient (Wildman–Crippen LogP) is 19.9. The van der Waals surface area contributed by atoms with Crippen molar-refractivity contribution in [2.75, 3.05) is 26.2 Å². The molecule has 0 amide bonds. The van der Waals surface area contributed by atoms with Gasteiger partial charge in [0, 0.05) is 27.3 Å². The second-order valence-electron chi connectivity index (χ2n) is 18.9. The molecule has 0 aromatic carbocycles. The summed E-state index contributed by atoms with van der Waals surface area (Å²) >= 11 is 0. The van der Waals surface area contributed by atoms with E-state index in [9.17, 15) is 0 Å². The van der Waals surface area contributed by atoms with Crippen LogP contribution in [0.4, 0.5) is 0 Å². The first-order valence-electron chi connectivity index (χ1n) is 25.4. The highest BCUT2D eigenvalue weighted by Crippen LogP contribution is 2.47. The fourth-order valence-corrected chi connectivity index (χ4v) is 9.61. The summed E-state index contributed by atoms with van der Waals surface area (Å²) in [5.74, 6) is 0. The molecule has 0 aromatic heterocycles. The lowest BCUT2D eigenvalue weighted by atomic mass is 10.0. The molecule has 0 fully saturated rings. The maximum Gasteiger partial charge on any atom is 0.0586 e. The van der Waals surface area contributed by atoms with Crippen molar-refractivity contribution in [1.29, 1.82) is 0 Å². The summed E-state index contributed by atoms with van der Waals surface area (Å²) in [6.07, 6.45) is 70.1. The van der Waals surface area contributed by atoms with Crippen LogP contribution < -0.4 is 0 Å². The van der Waals surface area contributed by atoms with E-state index in [0.717, 1.165) is 0 Å². The Hall–Kier alpha value is 0.430. The Labute approximate surface area is 334 Å². The Morgan fingerprint density at radius 2 is 0.288 bits per heavy atom. The van der Waals surface area contributed by atoms with Crippen LogP contribution in [-0.4, -0.2) is 26.2 Å². The average molecular weight is 750 g/mol. The highest BCUT2D eigenvalue weighted by Gasteiger charge is 2.15. The van der Waals surface area contributed by atoms with E-state index in [1.165, 1.54) is 302 Å². The second kappa shape index (κ2) is 45.8. The van der Waals surface area contributed by atoms with Crippen molar-refractivity contribution >= 4 is 7.26 Å². The van der Waals surface area contributed by atoms with Crippen LogP contribution in [0.5, 0.6) is 0 Å². The van der Waals surface area contributed by atoms with E-state index in [0.29, 0.717) is 0 Å². The molecule has 0 aliphatic carbocycles. The first-order chi connectivity index (χ1) is 25.6. The van der Waals surface area contributed by atoms with Crippen LogP contribution in [0.3, 0.4) is 0 Å². The second-order valence-corrected chi connectivity index (χ2v) is 24.0. The van der Waals surface area contributed by atoms with Crippen LogP contribution in [0.2, 0.25) is 0 Å². The highest BCUT2D eigenvalue weighted by atomic mass is 31.2. The minimum atomic E-state index is -0.524. The van der Waals surface area contributed by atoms with Crippen LogP contribution in [0.1, 0.15) is 302 Å². The third-order valence-electron chi connectivity index (χ3n) is 12.2. The van der Waals surface area contributed by atoms with Gasteiger partial charge in [0.15, 0.2) is 0 Å². The van der Waals surface area contributed by atoms with Crippen molar-refractivity contribution in [3.05, 3.63) is 0 Å². The van der Waals surface area contributed by atoms with Crippen molar-refractivity contribution in [3.63, 3.8) is 0 Å². The third-order valence-corrected chi connectivity index (χ3v) is 13.8. The molecule has 314 valence electrons. The number of hydrogen-bond donors (Lipinski definition) is 0. The van der Waals surface area contributed by atoms with Crippen LogP contribution in [0, 0.1) is 0 Å². The quantitative estimate of drug-likeness (QED) is 0.0429. The lowest BCUT2D eigenvalue weighted by molar-refractivity contribution is 0.508. The number of unbranched alkanes of at least 4 members (excludes halogenated alkanes) is 45. The molecule has 0 aliphatic rings. The van der Waals surface area contributed by atoms with E-state index in [1.54, 1.807) is 0 Å². The predicted molar refractivity (Wildman–Crippen MR) is 248 cm³/mol. The van der Waals surface area contributed by atoms with E-state index < -0.39 is 7.26 Å². The van der Waals surface area contributed by atoms with Crippen molar-refractivity contribution in [1.82, 2.24) is 0 Å². The van der Waals surface area contributed by atoms with Gasteiger partial charge in [-0.05, 0) is 12.8 Å². The highest BCUT2D eigenvalue weighted by molar-refractivity contribution is 7.73. The first-order valence-corrected chi connectivity index (χ1v) is 28.7. The smallest absolute Gasteiger partial charge is 0.0586 e. The van der Waals surface area contributed by atoms with Gasteiger partial charge in [0.1, 0.15) is 0 Å². The summed E-state index contributed by atoms with van der Waals surface area (Å²) in [6.45, 7) is 9.77. The molecule has 52 heavy (non-hydrogen) atoms. The molecule has 0 bridgehead atoms. The normalized spacial score (nSPS) is 12.0. The van der Waals surface area contributed by atoms with E-state index >= 15 is 0 Å². The lowest BCUT2D eigenvalue weighted by Crippen LogP contribution is -1.93. The maximum atomic E-state index is 2.49. The van der Waals surface area contributed by atoms with Gasteiger partial charge in [0.25, 0.3) is 0 Å². The average Bonchev–Trinajstić information content (AvgIpc) is 3.12. The number of rotatable bonds is 47. The molecule has 0 saturated heterocycles. The molecule has 0 aromatic rings. The first kappa shape index (κ1) is 52.4. The molecule has 1 heteroatoms. The maximum absolute atomic E-state index is 2.49. The van der Waals surface area contributed by atoms with E-state index in [4.69, 9.17) is 0 Å². The zero-order valence-corrected chi connectivity index (χ0v) is 38.6. The van der Waals surface area contributed by atoms with Gasteiger partial charge < -0.3 is 0 Å². The Morgan fingerprint density at radius 3 is 0.404 bits per heavy atom. The Bertz CT molecular complexity index is 605. The van der Waals surface area contributed by atoms with Crippen molar-refractivity contribution in [3.8, 4) is 0 Å². The van der Waals surface area contributed by atoms with Crippen LogP contribution in [0.15, 0.2) is 0 Å². The largest absolute Gasteiger partial charge is 0.0654 e. The molecule has 0 unspecified atom stereocenters. The minimum absolute atomic E-state index is 0.524. The van der Waals surface area contributed by atoms with Gasteiger partial charge in [-0.25, -0.2) is 0 Å². The molecule has 0 aliphatic heterocycles. The fraction of sp³-hybridized carbons (Fsp3) is 1.00. The van der Waals surface area contributed by atoms with Crippen molar-refractivity contribution in [2.45, 2.75) is 302 Å². The molecule has 0 saturated carbocycles. The molecular formula is C51H106P+. The molecule has 0 radical (unpaired) electrons. The summed E-state index contributed by atoms with van der Waals surface area (Å²) in [4.78, 5) is 0. The van der Waals surface area contributed by atoms with Crippen LogP contribution in [-0.2, 0) is 0 Å². The Kier molecular flexibility index (Phi) is 46.2. The summed E-state index contributed by atoms with van der Waals surface area (Å²) < 4.78 is 0. The molecule has 0 N–H and O–H groups in total.